The first-order chi connectivity index (χ1) is 11.6. The number of nitrogens with one attached hydrogen (secondary N) is 1. The maximum absolute atomic E-state index is 12.4. The first kappa shape index (κ1) is 16.6. The molecule has 126 valence electrons. The molecule has 2 aromatic heterocycles. The minimum Gasteiger partial charge on any atom is -0.465 e. The Morgan fingerprint density at radius 2 is 1.96 bits per heavy atom. The Morgan fingerprint density at radius 3 is 2.67 bits per heavy atom. The summed E-state index contributed by atoms with van der Waals surface area (Å²) in [6, 6.07) is 3.91. The predicted octanol–water partition coefficient (Wildman–Crippen LogP) is 2.65. The molecule has 6 heteroatoms. The van der Waals surface area contributed by atoms with Gasteiger partial charge in [-0.1, -0.05) is 0 Å². The summed E-state index contributed by atoms with van der Waals surface area (Å²) in [5, 5.41) is 3.52. The number of pyridine rings is 1. The quantitative estimate of drug-likeness (QED) is 0.685. The van der Waals surface area contributed by atoms with Gasteiger partial charge in [0.15, 0.2) is 12.4 Å². The second kappa shape index (κ2) is 7.13. The molecule has 1 aliphatic carbocycles. The highest BCUT2D eigenvalue weighted by atomic mass is 32.1. The van der Waals surface area contributed by atoms with Crippen molar-refractivity contribution in [1.82, 2.24) is 0 Å². The Hall–Kier alpha value is -2.21. The van der Waals surface area contributed by atoms with Crippen molar-refractivity contribution >= 4 is 28.2 Å². The summed E-state index contributed by atoms with van der Waals surface area (Å²) >= 11 is 1.50. The number of nitrogens with zero attached hydrogens (tertiary/aromatic N) is 1. The summed E-state index contributed by atoms with van der Waals surface area (Å²) in [6.07, 6.45) is 7.78. The number of aromatic nitrogens is 1. The highest BCUT2D eigenvalue weighted by Crippen LogP contribution is 2.38. The van der Waals surface area contributed by atoms with Crippen molar-refractivity contribution in [3.63, 3.8) is 0 Å². The molecule has 0 saturated heterocycles. The number of methoxy groups -OCH3 is 1. The largest absolute Gasteiger partial charge is 0.465 e. The Morgan fingerprint density at radius 1 is 1.25 bits per heavy atom. The zero-order chi connectivity index (χ0) is 17.1. The standard InChI is InChI=1S/C18H20N2O3S/c1-12-7-9-20(10-8-12)11-15(21)19-17-16(18(22)23-2)13-5-3-4-6-14(13)24-17/h7-10H,3-6,11H2,1-2H3/p+1. The second-order valence-corrected chi connectivity index (χ2v) is 7.11. The minimum absolute atomic E-state index is 0.146. The Bertz CT molecular complexity index is 765. The number of fused-ring (bicyclic) bond motifs is 1. The molecular weight excluding hydrogens is 324 g/mol. The van der Waals surface area contributed by atoms with Gasteiger partial charge in [-0.2, -0.15) is 4.57 Å². The van der Waals surface area contributed by atoms with Crippen molar-refractivity contribution < 1.29 is 18.9 Å². The van der Waals surface area contributed by atoms with Crippen LogP contribution in [0, 0.1) is 6.92 Å². The number of anilines is 1. The smallest absolute Gasteiger partial charge is 0.341 e. The number of hydrogen-bond acceptors (Lipinski definition) is 4. The molecule has 0 spiro atoms. The molecule has 0 atom stereocenters. The van der Waals surface area contributed by atoms with Gasteiger partial charge in [-0.05, 0) is 43.7 Å². The van der Waals surface area contributed by atoms with E-state index in [-0.39, 0.29) is 18.4 Å². The number of carbonyl (C=O) groups excluding carboxylic acids is 2. The van der Waals surface area contributed by atoms with Crippen molar-refractivity contribution in [3.8, 4) is 0 Å². The lowest BCUT2D eigenvalue weighted by atomic mass is 9.95. The number of aryl methyl sites for hydroxylation is 2. The van der Waals surface area contributed by atoms with Crippen LogP contribution in [0.2, 0.25) is 0 Å². The predicted molar refractivity (Wildman–Crippen MR) is 92.3 cm³/mol. The van der Waals surface area contributed by atoms with Gasteiger partial charge in [-0.3, -0.25) is 4.79 Å². The second-order valence-electron chi connectivity index (χ2n) is 6.00. The van der Waals surface area contributed by atoms with E-state index in [1.807, 2.05) is 36.0 Å². The van der Waals surface area contributed by atoms with Crippen LogP contribution in [0.1, 0.15) is 39.2 Å². The van der Waals surface area contributed by atoms with Crippen LogP contribution in [0.4, 0.5) is 5.00 Å². The molecule has 5 nitrogen and oxygen atoms in total. The van der Waals surface area contributed by atoms with Crippen molar-refractivity contribution in [2.45, 2.75) is 39.2 Å². The Kier molecular flexibility index (Phi) is 4.94. The summed E-state index contributed by atoms with van der Waals surface area (Å²) in [5.41, 5.74) is 2.74. The monoisotopic (exact) mass is 345 g/mol. The van der Waals surface area contributed by atoms with E-state index < -0.39 is 0 Å². The van der Waals surface area contributed by atoms with Crippen LogP contribution in [0.3, 0.4) is 0 Å². The number of esters is 1. The van der Waals surface area contributed by atoms with Gasteiger partial charge < -0.3 is 10.1 Å². The zero-order valence-corrected chi connectivity index (χ0v) is 14.7. The molecule has 0 unspecified atom stereocenters. The first-order valence-electron chi connectivity index (χ1n) is 8.07. The summed E-state index contributed by atoms with van der Waals surface area (Å²) in [4.78, 5) is 25.7. The average molecular weight is 345 g/mol. The molecule has 24 heavy (non-hydrogen) atoms. The van der Waals surface area contributed by atoms with Gasteiger partial charge >= 0.3 is 5.97 Å². The topological polar surface area (TPSA) is 59.3 Å². The Labute approximate surface area is 145 Å². The van der Waals surface area contributed by atoms with Crippen LogP contribution in [-0.2, 0) is 28.9 Å². The van der Waals surface area contributed by atoms with Gasteiger partial charge in [0.2, 0.25) is 6.54 Å². The highest BCUT2D eigenvalue weighted by Gasteiger charge is 2.27. The molecule has 0 aliphatic heterocycles. The van der Waals surface area contributed by atoms with Gasteiger partial charge in [-0.25, -0.2) is 4.79 Å². The van der Waals surface area contributed by atoms with Crippen LogP contribution >= 0.6 is 11.3 Å². The summed E-state index contributed by atoms with van der Waals surface area (Å²) < 4.78 is 6.74. The van der Waals surface area contributed by atoms with E-state index >= 15 is 0 Å². The lowest BCUT2D eigenvalue weighted by molar-refractivity contribution is -0.684. The van der Waals surface area contributed by atoms with Crippen molar-refractivity contribution in [3.05, 3.63) is 46.1 Å². The zero-order valence-electron chi connectivity index (χ0n) is 13.9. The third-order valence-corrected chi connectivity index (χ3v) is 5.40. The maximum Gasteiger partial charge on any atom is 0.341 e. The fourth-order valence-corrected chi connectivity index (χ4v) is 4.23. The van der Waals surface area contributed by atoms with E-state index in [4.69, 9.17) is 4.74 Å². The van der Waals surface area contributed by atoms with Crippen molar-refractivity contribution in [2.75, 3.05) is 12.4 Å². The fraction of sp³-hybridized carbons (Fsp3) is 0.389. The summed E-state index contributed by atoms with van der Waals surface area (Å²) in [5.74, 6) is -0.514. The van der Waals surface area contributed by atoms with E-state index in [1.54, 1.807) is 0 Å². The third kappa shape index (κ3) is 3.48. The fourth-order valence-electron chi connectivity index (χ4n) is 2.94. The average Bonchev–Trinajstić information content (AvgIpc) is 2.94. The van der Waals surface area contributed by atoms with Gasteiger partial charge in [0.25, 0.3) is 5.91 Å². The molecule has 1 N–H and O–H groups in total. The molecule has 2 heterocycles. The van der Waals surface area contributed by atoms with E-state index in [2.05, 4.69) is 5.32 Å². The van der Waals surface area contributed by atoms with Gasteiger partial charge in [0.05, 0.1) is 12.7 Å². The van der Waals surface area contributed by atoms with Crippen LogP contribution in [0.5, 0.6) is 0 Å². The lowest BCUT2D eigenvalue weighted by Gasteiger charge is -2.11. The van der Waals surface area contributed by atoms with Crippen LogP contribution in [0.25, 0.3) is 0 Å². The number of ether oxygens (including phenoxy) is 1. The molecule has 0 bridgehead atoms. The SMILES string of the molecule is COC(=O)c1c(NC(=O)C[n+]2ccc(C)cc2)sc2c1CCCC2. The molecule has 0 fully saturated rings. The van der Waals surface area contributed by atoms with Crippen LogP contribution in [-0.4, -0.2) is 19.0 Å². The van der Waals surface area contributed by atoms with Crippen LogP contribution in [0.15, 0.2) is 24.5 Å². The molecular formula is C18H21N2O3S+. The normalized spacial score (nSPS) is 13.2. The number of carbonyl (C=O) groups is 2. The molecule has 0 radical (unpaired) electrons. The van der Waals surface area contributed by atoms with Gasteiger partial charge in [0, 0.05) is 17.0 Å². The first-order valence-corrected chi connectivity index (χ1v) is 8.88. The third-order valence-electron chi connectivity index (χ3n) is 4.20. The van der Waals surface area contributed by atoms with E-state index in [9.17, 15) is 9.59 Å². The van der Waals surface area contributed by atoms with Crippen molar-refractivity contribution in [2.24, 2.45) is 0 Å². The number of thiophene rings is 1. The van der Waals surface area contributed by atoms with E-state index in [1.165, 1.54) is 23.3 Å². The van der Waals surface area contributed by atoms with E-state index in [0.29, 0.717) is 10.6 Å². The van der Waals surface area contributed by atoms with E-state index in [0.717, 1.165) is 36.8 Å². The number of amides is 1. The van der Waals surface area contributed by atoms with Gasteiger partial charge in [0.1, 0.15) is 5.00 Å². The number of rotatable bonds is 4. The highest BCUT2D eigenvalue weighted by molar-refractivity contribution is 7.17. The van der Waals surface area contributed by atoms with Crippen LogP contribution < -0.4 is 9.88 Å². The minimum atomic E-state index is -0.368. The summed E-state index contributed by atoms with van der Waals surface area (Å²) in [6.45, 7) is 2.21. The molecule has 0 saturated carbocycles. The molecule has 0 aromatic carbocycles. The maximum atomic E-state index is 12.4. The van der Waals surface area contributed by atoms with Crippen molar-refractivity contribution in [1.29, 1.82) is 0 Å². The summed E-state index contributed by atoms with van der Waals surface area (Å²) in [7, 11) is 1.38. The molecule has 2 aromatic rings. The van der Waals surface area contributed by atoms with Gasteiger partial charge in [-0.15, -0.1) is 11.3 Å². The molecule has 3 rings (SSSR count). The molecule has 1 amide bonds. The molecule has 1 aliphatic rings. The number of hydrogen-bond donors (Lipinski definition) is 1. The lowest BCUT2D eigenvalue weighted by Crippen LogP contribution is -2.39. The Balaban J connectivity index is 1.81.